The van der Waals surface area contributed by atoms with Crippen molar-refractivity contribution in [1.29, 1.82) is 0 Å². The van der Waals surface area contributed by atoms with Crippen molar-refractivity contribution in [2.24, 2.45) is 0 Å². The van der Waals surface area contributed by atoms with Crippen molar-refractivity contribution >= 4 is 17.6 Å². The number of rotatable bonds is 2. The Hall–Kier alpha value is -2.50. The fourth-order valence-electron chi connectivity index (χ4n) is 4.34. The molecule has 0 aromatic heterocycles. The maximum absolute atomic E-state index is 13.0. The van der Waals surface area contributed by atoms with Gasteiger partial charge in [-0.3, -0.25) is 4.79 Å². The molecular formula is C18H21N3O3. The predicted molar refractivity (Wildman–Crippen MR) is 89.1 cm³/mol. The molecular weight excluding hydrogens is 306 g/mol. The quantitative estimate of drug-likeness (QED) is 0.656. The van der Waals surface area contributed by atoms with E-state index in [4.69, 9.17) is 4.74 Å². The van der Waals surface area contributed by atoms with Gasteiger partial charge < -0.3 is 19.9 Å². The monoisotopic (exact) mass is 327 g/mol. The van der Waals surface area contributed by atoms with Gasteiger partial charge in [-0.15, -0.1) is 0 Å². The molecule has 6 heteroatoms. The second kappa shape index (κ2) is 5.26. The first-order chi connectivity index (χ1) is 11.6. The molecule has 0 aliphatic carbocycles. The molecule has 126 valence electrons. The Morgan fingerprint density at radius 2 is 2.21 bits per heavy atom. The third-order valence-corrected chi connectivity index (χ3v) is 5.34. The van der Waals surface area contributed by atoms with Crippen LogP contribution in [0.2, 0.25) is 0 Å². The van der Waals surface area contributed by atoms with E-state index in [2.05, 4.69) is 29.4 Å². The second-order valence-electron chi connectivity index (χ2n) is 6.43. The van der Waals surface area contributed by atoms with Crippen LogP contribution in [0.1, 0.15) is 25.3 Å². The van der Waals surface area contributed by atoms with E-state index in [0.29, 0.717) is 6.54 Å². The van der Waals surface area contributed by atoms with Crippen LogP contribution in [0.3, 0.4) is 0 Å². The smallest absolute Gasteiger partial charge is 0.345 e. The summed E-state index contributed by atoms with van der Waals surface area (Å²) < 4.78 is 5.03. The number of benzene rings is 1. The molecule has 3 aliphatic heterocycles. The average Bonchev–Trinajstić information content (AvgIpc) is 2.85. The molecule has 2 unspecified atom stereocenters. The number of ether oxygens (including phenoxy) is 1. The van der Waals surface area contributed by atoms with Crippen LogP contribution in [0.5, 0.6) is 0 Å². The molecule has 1 aromatic carbocycles. The molecule has 1 saturated heterocycles. The molecule has 3 aliphatic rings. The Kier molecular flexibility index (Phi) is 3.30. The summed E-state index contributed by atoms with van der Waals surface area (Å²) in [4.78, 5) is 29.2. The lowest BCUT2D eigenvalue weighted by atomic mass is 9.84. The molecule has 1 amide bonds. The fourth-order valence-corrected chi connectivity index (χ4v) is 4.34. The van der Waals surface area contributed by atoms with E-state index in [1.165, 1.54) is 0 Å². The van der Waals surface area contributed by atoms with Crippen molar-refractivity contribution in [2.45, 2.75) is 31.5 Å². The maximum Gasteiger partial charge on any atom is 0.345 e. The van der Waals surface area contributed by atoms with E-state index in [1.807, 2.05) is 17.0 Å². The molecule has 4 rings (SSSR count). The van der Waals surface area contributed by atoms with Gasteiger partial charge in [-0.1, -0.05) is 18.2 Å². The minimum Gasteiger partial charge on any atom is -0.462 e. The number of hydrogen-bond acceptors (Lipinski definition) is 5. The lowest BCUT2D eigenvalue weighted by molar-refractivity contribution is -0.148. The molecule has 6 nitrogen and oxygen atoms in total. The topological polar surface area (TPSA) is 61.9 Å². The second-order valence-corrected chi connectivity index (χ2v) is 6.43. The Morgan fingerprint density at radius 1 is 1.42 bits per heavy atom. The molecule has 1 N–H and O–H groups in total. The highest BCUT2D eigenvalue weighted by molar-refractivity contribution is 6.17. The number of carbonyl (C=O) groups excluding carboxylic acids is 2. The van der Waals surface area contributed by atoms with Gasteiger partial charge in [-0.25, -0.2) is 4.79 Å². The van der Waals surface area contributed by atoms with Crippen molar-refractivity contribution in [3.05, 3.63) is 41.6 Å². The maximum atomic E-state index is 13.0. The zero-order valence-corrected chi connectivity index (χ0v) is 13.9. The number of carbonyl (C=O) groups is 2. The summed E-state index contributed by atoms with van der Waals surface area (Å²) in [6.07, 6.45) is 3.45. The fraction of sp³-hybridized carbons (Fsp3) is 0.444. The SMILES string of the molecule is CCOC(=O)C1=CNC23c4ccccc4N(C)C2CCCN3C1=O. The van der Waals surface area contributed by atoms with Crippen LogP contribution in [0, 0.1) is 0 Å². The van der Waals surface area contributed by atoms with Gasteiger partial charge in [0, 0.05) is 31.0 Å². The number of fused-ring (bicyclic) bond motifs is 1. The summed E-state index contributed by atoms with van der Waals surface area (Å²) in [5.41, 5.74) is 1.69. The summed E-state index contributed by atoms with van der Waals surface area (Å²) in [5, 5.41) is 3.40. The zero-order chi connectivity index (χ0) is 16.9. The van der Waals surface area contributed by atoms with Crippen LogP contribution in [-0.4, -0.2) is 43.0 Å². The molecule has 2 atom stereocenters. The van der Waals surface area contributed by atoms with Gasteiger partial charge in [0.05, 0.1) is 12.6 Å². The summed E-state index contributed by atoms with van der Waals surface area (Å²) in [5.74, 6) is -0.811. The van der Waals surface area contributed by atoms with E-state index in [-0.39, 0.29) is 24.1 Å². The molecule has 24 heavy (non-hydrogen) atoms. The van der Waals surface area contributed by atoms with E-state index < -0.39 is 11.6 Å². The van der Waals surface area contributed by atoms with E-state index >= 15 is 0 Å². The summed E-state index contributed by atoms with van der Waals surface area (Å²) in [7, 11) is 2.07. The normalized spacial score (nSPS) is 27.7. The third kappa shape index (κ3) is 1.76. The number of hydrogen-bond donors (Lipinski definition) is 1. The summed E-state index contributed by atoms with van der Waals surface area (Å²) >= 11 is 0. The Balaban J connectivity index is 1.83. The lowest BCUT2D eigenvalue weighted by Crippen LogP contribution is -2.68. The number of likely N-dealkylation sites (N-methyl/N-ethyl adjacent to an activating group) is 1. The van der Waals surface area contributed by atoms with Gasteiger partial charge >= 0.3 is 5.97 Å². The Labute approximate surface area is 141 Å². The van der Waals surface area contributed by atoms with E-state index in [9.17, 15) is 9.59 Å². The highest BCUT2D eigenvalue weighted by Crippen LogP contribution is 2.50. The van der Waals surface area contributed by atoms with Crippen LogP contribution in [0.4, 0.5) is 5.69 Å². The number of esters is 1. The molecule has 1 spiro atoms. The van der Waals surface area contributed by atoms with Crippen molar-refractivity contribution < 1.29 is 14.3 Å². The number of nitrogens with one attached hydrogen (secondary N) is 1. The van der Waals surface area contributed by atoms with Gasteiger partial charge in [0.1, 0.15) is 5.57 Å². The number of anilines is 1. The van der Waals surface area contributed by atoms with Gasteiger partial charge in [0.15, 0.2) is 5.66 Å². The van der Waals surface area contributed by atoms with Crippen molar-refractivity contribution in [3.63, 3.8) is 0 Å². The van der Waals surface area contributed by atoms with E-state index in [1.54, 1.807) is 13.1 Å². The number of piperidine rings is 1. The van der Waals surface area contributed by atoms with Crippen molar-refractivity contribution in [3.8, 4) is 0 Å². The van der Waals surface area contributed by atoms with Gasteiger partial charge in [0.25, 0.3) is 5.91 Å². The Morgan fingerprint density at radius 3 is 3.00 bits per heavy atom. The lowest BCUT2D eigenvalue weighted by Gasteiger charge is -2.52. The molecule has 0 radical (unpaired) electrons. The first-order valence-electron chi connectivity index (χ1n) is 8.40. The van der Waals surface area contributed by atoms with Crippen LogP contribution in [0.25, 0.3) is 0 Å². The molecule has 0 saturated carbocycles. The van der Waals surface area contributed by atoms with Crippen LogP contribution < -0.4 is 10.2 Å². The number of nitrogens with zero attached hydrogens (tertiary/aromatic N) is 2. The van der Waals surface area contributed by atoms with Crippen molar-refractivity contribution in [2.75, 3.05) is 25.1 Å². The highest BCUT2D eigenvalue weighted by atomic mass is 16.5. The number of amides is 1. The van der Waals surface area contributed by atoms with Gasteiger partial charge in [-0.2, -0.15) is 0 Å². The minimum atomic E-state index is -0.601. The molecule has 0 bridgehead atoms. The largest absolute Gasteiger partial charge is 0.462 e. The average molecular weight is 327 g/mol. The van der Waals surface area contributed by atoms with Crippen molar-refractivity contribution in [1.82, 2.24) is 10.2 Å². The van der Waals surface area contributed by atoms with E-state index in [0.717, 1.165) is 24.1 Å². The first-order valence-corrected chi connectivity index (χ1v) is 8.40. The minimum absolute atomic E-state index is 0.0789. The van der Waals surface area contributed by atoms with Crippen LogP contribution in [-0.2, 0) is 20.0 Å². The summed E-state index contributed by atoms with van der Waals surface area (Å²) in [6.45, 7) is 2.61. The van der Waals surface area contributed by atoms with Crippen LogP contribution >= 0.6 is 0 Å². The third-order valence-electron chi connectivity index (χ3n) is 5.34. The predicted octanol–water partition coefficient (Wildman–Crippen LogP) is 1.33. The van der Waals surface area contributed by atoms with Gasteiger partial charge in [0.2, 0.25) is 0 Å². The first kappa shape index (κ1) is 15.1. The molecule has 1 fully saturated rings. The standard InChI is InChI=1S/C18H21N3O3/c1-3-24-17(23)12-11-19-18-13-7-4-5-8-14(13)20(2)15(18)9-6-10-21(18)16(12)22/h4-5,7-8,11,15,19H,3,6,9-10H2,1-2H3. The number of para-hydroxylation sites is 1. The molecule has 1 aromatic rings. The van der Waals surface area contributed by atoms with Crippen LogP contribution in [0.15, 0.2) is 36.0 Å². The Bertz CT molecular complexity index is 745. The summed E-state index contributed by atoms with van der Waals surface area (Å²) in [6, 6.07) is 8.30. The highest BCUT2D eigenvalue weighted by Gasteiger charge is 2.58. The molecule has 3 heterocycles. The zero-order valence-electron chi connectivity index (χ0n) is 13.9. The van der Waals surface area contributed by atoms with Gasteiger partial charge in [-0.05, 0) is 25.8 Å².